The van der Waals surface area contributed by atoms with Crippen molar-refractivity contribution in [1.29, 1.82) is 0 Å². The maximum atomic E-state index is 3.53. The smallest absolute Gasteiger partial charge is 0.0444 e. The zero-order chi connectivity index (χ0) is 14.8. The van der Waals surface area contributed by atoms with Crippen LogP contribution in [0.15, 0.2) is 57.9 Å². The molecule has 0 saturated carbocycles. The van der Waals surface area contributed by atoms with Crippen LogP contribution in [0.4, 0.5) is 0 Å². The van der Waals surface area contributed by atoms with Gasteiger partial charge >= 0.3 is 0 Å². The fraction of sp³-hybridized carbons (Fsp3) is 0.333. The van der Waals surface area contributed by atoms with E-state index in [4.69, 9.17) is 0 Å². The highest BCUT2D eigenvalue weighted by Crippen LogP contribution is 2.44. The second kappa shape index (κ2) is 6.55. The summed E-state index contributed by atoms with van der Waals surface area (Å²) in [4.78, 5) is 1.34. The summed E-state index contributed by atoms with van der Waals surface area (Å²) in [6.45, 7) is 2.35. The molecule has 0 aliphatic heterocycles. The first-order chi connectivity index (χ1) is 10.2. The predicted molar refractivity (Wildman–Crippen MR) is 95.1 cm³/mol. The van der Waals surface area contributed by atoms with Crippen LogP contribution in [0.5, 0.6) is 0 Å². The Morgan fingerprint density at radius 3 is 2.38 bits per heavy atom. The molecule has 2 aromatic rings. The van der Waals surface area contributed by atoms with Crippen LogP contribution in [0.1, 0.15) is 36.4 Å². The summed E-state index contributed by atoms with van der Waals surface area (Å²) in [5, 5.41) is 4.10. The van der Waals surface area contributed by atoms with Gasteiger partial charge in [-0.3, -0.25) is 0 Å². The van der Waals surface area contributed by atoms with Crippen LogP contribution in [0, 0.1) is 0 Å². The second-order valence-electron chi connectivity index (χ2n) is 5.64. The number of hydrogen-bond donors (Lipinski definition) is 1. The summed E-state index contributed by atoms with van der Waals surface area (Å²) in [5.41, 5.74) is 2.97. The zero-order valence-corrected chi connectivity index (χ0v) is 14.7. The van der Waals surface area contributed by atoms with Crippen molar-refractivity contribution >= 4 is 27.7 Å². The molecule has 0 saturated heterocycles. The topological polar surface area (TPSA) is 12.0 Å². The Balaban J connectivity index is 1.87. The molecule has 0 radical (unpaired) electrons. The Bertz CT molecular complexity index is 611. The van der Waals surface area contributed by atoms with Crippen LogP contribution in [-0.2, 0) is 0 Å². The molecule has 0 heterocycles. The van der Waals surface area contributed by atoms with Crippen LogP contribution >= 0.6 is 27.7 Å². The van der Waals surface area contributed by atoms with Crippen molar-refractivity contribution in [3.05, 3.63) is 64.1 Å². The van der Waals surface area contributed by atoms with Gasteiger partial charge in [0.15, 0.2) is 0 Å². The first-order valence-electron chi connectivity index (χ1n) is 7.37. The molecule has 21 heavy (non-hydrogen) atoms. The number of rotatable bonds is 3. The van der Waals surface area contributed by atoms with E-state index in [-0.39, 0.29) is 0 Å². The summed E-state index contributed by atoms with van der Waals surface area (Å²) >= 11 is 5.50. The van der Waals surface area contributed by atoms with Crippen molar-refractivity contribution in [3.8, 4) is 0 Å². The number of thioether (sulfide) groups is 1. The molecule has 1 aliphatic rings. The van der Waals surface area contributed by atoms with E-state index in [0.717, 1.165) is 4.47 Å². The van der Waals surface area contributed by atoms with E-state index in [9.17, 15) is 0 Å². The summed E-state index contributed by atoms with van der Waals surface area (Å²) in [5.74, 6) is 0.624. The molecule has 3 rings (SSSR count). The van der Waals surface area contributed by atoms with E-state index >= 15 is 0 Å². The maximum absolute atomic E-state index is 3.53. The van der Waals surface area contributed by atoms with Crippen molar-refractivity contribution in [2.45, 2.75) is 35.4 Å². The van der Waals surface area contributed by atoms with Crippen molar-refractivity contribution in [2.24, 2.45) is 0 Å². The zero-order valence-electron chi connectivity index (χ0n) is 12.3. The highest BCUT2D eigenvalue weighted by molar-refractivity contribution is 9.10. The van der Waals surface area contributed by atoms with Crippen LogP contribution in [0.2, 0.25) is 0 Å². The van der Waals surface area contributed by atoms with E-state index in [1.807, 2.05) is 11.8 Å². The third-order valence-electron chi connectivity index (χ3n) is 4.23. The van der Waals surface area contributed by atoms with Crippen LogP contribution in [0.25, 0.3) is 0 Å². The van der Waals surface area contributed by atoms with Gasteiger partial charge in [0.25, 0.3) is 0 Å². The molecule has 3 atom stereocenters. The predicted octanol–water partition coefficient (Wildman–Crippen LogP) is 5.38. The van der Waals surface area contributed by atoms with Crippen LogP contribution in [-0.4, -0.2) is 12.3 Å². The van der Waals surface area contributed by atoms with Gasteiger partial charge in [0.1, 0.15) is 0 Å². The largest absolute Gasteiger partial charge is 0.312 e. The lowest BCUT2D eigenvalue weighted by Gasteiger charge is -2.36. The van der Waals surface area contributed by atoms with Crippen molar-refractivity contribution < 1.29 is 0 Å². The van der Waals surface area contributed by atoms with Gasteiger partial charge < -0.3 is 5.32 Å². The lowest BCUT2D eigenvalue weighted by molar-refractivity contribution is 0.473. The van der Waals surface area contributed by atoms with E-state index in [1.54, 1.807) is 0 Å². The molecule has 1 nitrogen and oxygen atoms in total. The Hall–Kier alpha value is -0.770. The summed E-state index contributed by atoms with van der Waals surface area (Å²) in [6.07, 6.45) is 1.21. The quantitative estimate of drug-likeness (QED) is 0.787. The van der Waals surface area contributed by atoms with Gasteiger partial charge in [0.05, 0.1) is 0 Å². The van der Waals surface area contributed by atoms with Crippen LogP contribution in [0.3, 0.4) is 0 Å². The summed E-state index contributed by atoms with van der Waals surface area (Å²) in [7, 11) is 2.08. The van der Waals surface area contributed by atoms with Crippen molar-refractivity contribution in [1.82, 2.24) is 5.32 Å². The number of fused-ring (bicyclic) bond motifs is 1. The normalized spacial score (nSPS) is 24.6. The SMILES string of the molecule is CNC1c2ccccc2C(C)CC1Sc1ccc(Br)cc1. The third kappa shape index (κ3) is 3.20. The van der Waals surface area contributed by atoms with E-state index in [2.05, 4.69) is 83.7 Å². The highest BCUT2D eigenvalue weighted by atomic mass is 79.9. The molecule has 0 fully saturated rings. The molecule has 1 N–H and O–H groups in total. The molecule has 0 aromatic heterocycles. The Morgan fingerprint density at radius 2 is 1.71 bits per heavy atom. The first-order valence-corrected chi connectivity index (χ1v) is 9.04. The van der Waals surface area contributed by atoms with E-state index < -0.39 is 0 Å². The molecular formula is C18H20BrNS. The lowest BCUT2D eigenvalue weighted by atomic mass is 9.81. The van der Waals surface area contributed by atoms with Crippen LogP contribution < -0.4 is 5.32 Å². The van der Waals surface area contributed by atoms with E-state index in [0.29, 0.717) is 17.2 Å². The lowest BCUT2D eigenvalue weighted by Crippen LogP contribution is -2.33. The molecule has 1 aliphatic carbocycles. The fourth-order valence-corrected chi connectivity index (χ4v) is 4.91. The minimum atomic E-state index is 0.422. The molecule has 3 unspecified atom stereocenters. The van der Waals surface area contributed by atoms with Crippen molar-refractivity contribution in [3.63, 3.8) is 0 Å². The van der Waals surface area contributed by atoms with Gasteiger partial charge in [-0.1, -0.05) is 47.1 Å². The second-order valence-corrected chi connectivity index (χ2v) is 7.87. The van der Waals surface area contributed by atoms with Gasteiger partial charge in [-0.05, 0) is 54.8 Å². The van der Waals surface area contributed by atoms with Gasteiger partial charge in [0, 0.05) is 20.7 Å². The highest BCUT2D eigenvalue weighted by Gasteiger charge is 2.32. The van der Waals surface area contributed by atoms with Gasteiger partial charge in [-0.15, -0.1) is 11.8 Å². The van der Waals surface area contributed by atoms with Gasteiger partial charge in [-0.25, -0.2) is 0 Å². The maximum Gasteiger partial charge on any atom is 0.0444 e. The van der Waals surface area contributed by atoms with Gasteiger partial charge in [0.2, 0.25) is 0 Å². The summed E-state index contributed by atoms with van der Waals surface area (Å²) in [6, 6.07) is 17.9. The average Bonchev–Trinajstić information content (AvgIpc) is 2.50. The Morgan fingerprint density at radius 1 is 1.05 bits per heavy atom. The first kappa shape index (κ1) is 15.1. The minimum absolute atomic E-state index is 0.422. The van der Waals surface area contributed by atoms with E-state index in [1.165, 1.54) is 22.4 Å². The van der Waals surface area contributed by atoms with Gasteiger partial charge in [-0.2, -0.15) is 0 Å². The Kier molecular flexibility index (Phi) is 4.72. The average molecular weight is 362 g/mol. The number of nitrogens with one attached hydrogen (secondary N) is 1. The third-order valence-corrected chi connectivity index (χ3v) is 6.07. The number of benzene rings is 2. The molecule has 2 aromatic carbocycles. The molecule has 3 heteroatoms. The molecule has 0 bridgehead atoms. The Labute approximate surface area is 139 Å². The molecule has 0 spiro atoms. The number of hydrogen-bond acceptors (Lipinski definition) is 2. The molecular weight excluding hydrogens is 342 g/mol. The molecule has 110 valence electrons. The molecule has 0 amide bonds. The standard InChI is InChI=1S/C18H20BrNS/c1-12-11-17(21-14-9-7-13(19)8-10-14)18(20-2)16-6-4-3-5-15(12)16/h3-10,12,17-18,20H,11H2,1-2H3. The monoisotopic (exact) mass is 361 g/mol. The minimum Gasteiger partial charge on any atom is -0.312 e. The summed E-state index contributed by atoms with van der Waals surface area (Å²) < 4.78 is 1.14. The fourth-order valence-electron chi connectivity index (χ4n) is 3.20. The van der Waals surface area contributed by atoms with Crippen molar-refractivity contribution in [2.75, 3.05) is 7.05 Å². The number of halogens is 1.